The number of halogens is 1. The van der Waals surface area contributed by atoms with E-state index < -0.39 is 0 Å². The van der Waals surface area contributed by atoms with E-state index in [1.165, 1.54) is 0 Å². The topological polar surface area (TPSA) is 103 Å². The van der Waals surface area contributed by atoms with Crippen molar-refractivity contribution in [3.8, 4) is 23.3 Å². The van der Waals surface area contributed by atoms with Gasteiger partial charge in [0.2, 0.25) is 5.78 Å². The van der Waals surface area contributed by atoms with E-state index in [1.807, 2.05) is 30.3 Å². The predicted molar refractivity (Wildman–Crippen MR) is 139 cm³/mol. The Morgan fingerprint density at radius 1 is 1.17 bits per heavy atom. The van der Waals surface area contributed by atoms with Crippen LogP contribution in [0.3, 0.4) is 0 Å². The molecule has 2 aromatic carbocycles. The molecule has 2 aromatic heterocycles. The predicted octanol–water partition coefficient (Wildman–Crippen LogP) is 4.78. The average molecular weight is 544 g/mol. The minimum atomic E-state index is -0.320. The first kappa shape index (κ1) is 23.6. The van der Waals surface area contributed by atoms with Crippen molar-refractivity contribution in [1.82, 2.24) is 19.3 Å². The molecule has 36 heavy (non-hydrogen) atoms. The number of fused-ring (bicyclic) bond motifs is 1. The zero-order valence-corrected chi connectivity index (χ0v) is 21.0. The number of ether oxygens (including phenoxy) is 1. The molecule has 3 heterocycles. The van der Waals surface area contributed by atoms with Crippen LogP contribution >= 0.6 is 15.9 Å². The molecule has 0 spiro atoms. The molecule has 1 fully saturated rings. The molecule has 1 aliphatic rings. The van der Waals surface area contributed by atoms with Crippen LogP contribution in [-0.2, 0) is 4.79 Å². The highest BCUT2D eigenvalue weighted by atomic mass is 79.9. The molecule has 0 saturated carbocycles. The number of carbonyl (C=O) groups excluding carboxylic acids is 2. The second-order valence-electron chi connectivity index (χ2n) is 8.27. The number of nitrogens with zero attached hydrogens (tertiary/aromatic N) is 4. The van der Waals surface area contributed by atoms with Crippen LogP contribution in [0.2, 0.25) is 0 Å². The molecule has 1 aliphatic heterocycles. The van der Waals surface area contributed by atoms with Gasteiger partial charge in [-0.3, -0.25) is 14.0 Å². The van der Waals surface area contributed by atoms with Gasteiger partial charge in [-0.05, 0) is 71.9 Å². The molecular weight excluding hydrogens is 522 g/mol. The molecule has 4 aromatic rings. The maximum atomic E-state index is 13.7. The van der Waals surface area contributed by atoms with E-state index in [2.05, 4.69) is 32.8 Å². The van der Waals surface area contributed by atoms with Gasteiger partial charge in [0.1, 0.15) is 34.4 Å². The van der Waals surface area contributed by atoms with Crippen LogP contribution in [0.25, 0.3) is 5.52 Å². The number of hydrogen-bond donors (Lipinski definition) is 1. The van der Waals surface area contributed by atoms with Gasteiger partial charge in [-0.25, -0.2) is 9.97 Å². The van der Waals surface area contributed by atoms with E-state index in [4.69, 9.17) is 15.5 Å². The van der Waals surface area contributed by atoms with Crippen molar-refractivity contribution in [2.24, 2.45) is 0 Å². The Morgan fingerprint density at radius 3 is 2.72 bits per heavy atom. The van der Waals surface area contributed by atoms with E-state index in [0.29, 0.717) is 45.8 Å². The number of likely N-dealkylation sites (tertiary alicyclic amines) is 1. The summed E-state index contributed by atoms with van der Waals surface area (Å²) >= 11 is 3.51. The van der Waals surface area contributed by atoms with Crippen molar-refractivity contribution < 1.29 is 14.3 Å². The number of hydrogen-bond acceptors (Lipinski definition) is 6. The molecule has 180 valence electrons. The van der Waals surface area contributed by atoms with Gasteiger partial charge in [0.25, 0.3) is 5.91 Å². The second-order valence-corrected chi connectivity index (χ2v) is 9.12. The Bertz CT molecular complexity index is 1540. The van der Waals surface area contributed by atoms with Crippen LogP contribution in [0.1, 0.15) is 47.7 Å². The minimum absolute atomic E-state index is 0.175. The van der Waals surface area contributed by atoms with E-state index in [0.717, 1.165) is 6.42 Å². The summed E-state index contributed by atoms with van der Waals surface area (Å²) in [6, 6.07) is 14.2. The first-order chi connectivity index (χ1) is 17.5. The van der Waals surface area contributed by atoms with Gasteiger partial charge in [-0.2, -0.15) is 0 Å². The molecular formula is C27H22BrN5O3. The highest BCUT2D eigenvalue weighted by molar-refractivity contribution is 9.10. The number of ketones is 1. The van der Waals surface area contributed by atoms with Gasteiger partial charge in [-0.15, -0.1) is 0 Å². The van der Waals surface area contributed by atoms with Crippen molar-refractivity contribution >= 4 is 39.0 Å². The molecule has 0 radical (unpaired) electrons. The molecule has 9 heteroatoms. The van der Waals surface area contributed by atoms with Crippen LogP contribution in [0, 0.1) is 11.8 Å². The zero-order valence-electron chi connectivity index (χ0n) is 19.4. The van der Waals surface area contributed by atoms with Crippen molar-refractivity contribution in [2.45, 2.75) is 25.8 Å². The summed E-state index contributed by atoms with van der Waals surface area (Å²) in [4.78, 5) is 36.9. The van der Waals surface area contributed by atoms with Crippen molar-refractivity contribution in [2.75, 3.05) is 12.3 Å². The Balaban J connectivity index is 1.54. The van der Waals surface area contributed by atoms with Gasteiger partial charge in [0.15, 0.2) is 0 Å². The number of anilines is 1. The molecule has 0 unspecified atom stereocenters. The summed E-state index contributed by atoms with van der Waals surface area (Å²) in [7, 11) is 0. The maximum Gasteiger partial charge on any atom is 0.299 e. The third-order valence-electron chi connectivity index (χ3n) is 6.03. The largest absolute Gasteiger partial charge is 0.457 e. The molecule has 0 bridgehead atoms. The first-order valence-electron chi connectivity index (χ1n) is 11.4. The van der Waals surface area contributed by atoms with E-state index >= 15 is 0 Å². The van der Waals surface area contributed by atoms with Crippen LogP contribution in [0.15, 0.2) is 65.4 Å². The Morgan fingerprint density at radius 2 is 1.97 bits per heavy atom. The number of aromatic nitrogens is 3. The van der Waals surface area contributed by atoms with Crippen LogP contribution in [-0.4, -0.2) is 37.5 Å². The number of imidazole rings is 1. The lowest BCUT2D eigenvalue weighted by Crippen LogP contribution is -2.30. The van der Waals surface area contributed by atoms with Gasteiger partial charge in [0, 0.05) is 29.0 Å². The number of nitrogens with two attached hydrogens (primary N) is 1. The fraction of sp³-hybridized carbons (Fsp3) is 0.185. The van der Waals surface area contributed by atoms with Gasteiger partial charge >= 0.3 is 0 Å². The van der Waals surface area contributed by atoms with E-state index in [1.54, 1.807) is 46.8 Å². The fourth-order valence-electron chi connectivity index (χ4n) is 4.43. The number of benzene rings is 2. The molecule has 5 rings (SSSR count). The normalized spacial score (nSPS) is 14.9. The van der Waals surface area contributed by atoms with Crippen molar-refractivity contribution in [1.29, 1.82) is 0 Å². The summed E-state index contributed by atoms with van der Waals surface area (Å²) in [5.41, 5.74) is 7.21. The summed E-state index contributed by atoms with van der Waals surface area (Å²) in [5.74, 6) is 6.71. The summed E-state index contributed by atoms with van der Waals surface area (Å²) in [6.45, 7) is 2.20. The standard InChI is InChI=1S/C27H22BrN5O3/c1-2-7-22(34)32-14-6-10-21(32)27-31-23(24-26(29)30-13-15-33(24)27)25(35)19-12-11-18(16-20(19)28)36-17-8-4-3-5-9-17/h3-5,8-9,11-13,15-16,21H,6,10,14H2,1H3,(H2,29,30)/t21-/m0/s1. The van der Waals surface area contributed by atoms with Gasteiger partial charge in [0.05, 0.1) is 6.04 Å². The highest BCUT2D eigenvalue weighted by Gasteiger charge is 2.34. The third-order valence-corrected chi connectivity index (χ3v) is 6.69. The first-order valence-corrected chi connectivity index (χ1v) is 12.2. The number of nitrogen functional groups attached to an aromatic ring is 1. The zero-order chi connectivity index (χ0) is 25.2. The highest BCUT2D eigenvalue weighted by Crippen LogP contribution is 2.35. The molecule has 0 aliphatic carbocycles. The molecule has 1 atom stereocenters. The van der Waals surface area contributed by atoms with Gasteiger partial charge < -0.3 is 15.4 Å². The van der Waals surface area contributed by atoms with Crippen molar-refractivity contribution in [3.05, 3.63) is 82.5 Å². The van der Waals surface area contributed by atoms with E-state index in [9.17, 15) is 9.59 Å². The molecule has 2 N–H and O–H groups in total. The lowest BCUT2D eigenvalue weighted by molar-refractivity contribution is -0.126. The Hall–Kier alpha value is -4.16. The van der Waals surface area contributed by atoms with Gasteiger partial charge in [-0.1, -0.05) is 24.1 Å². The van der Waals surface area contributed by atoms with Crippen LogP contribution in [0.5, 0.6) is 11.5 Å². The number of para-hydroxylation sites is 1. The average Bonchev–Trinajstić information content (AvgIpc) is 3.50. The monoisotopic (exact) mass is 543 g/mol. The number of amides is 1. The second kappa shape index (κ2) is 9.84. The fourth-order valence-corrected chi connectivity index (χ4v) is 4.97. The summed E-state index contributed by atoms with van der Waals surface area (Å²) in [5, 5.41) is 0. The lowest BCUT2D eigenvalue weighted by atomic mass is 10.1. The van der Waals surface area contributed by atoms with Crippen LogP contribution < -0.4 is 10.5 Å². The van der Waals surface area contributed by atoms with E-state index in [-0.39, 0.29) is 29.2 Å². The maximum absolute atomic E-state index is 13.7. The Kier molecular flexibility index (Phi) is 6.44. The Labute approximate surface area is 216 Å². The quantitative estimate of drug-likeness (QED) is 0.287. The summed E-state index contributed by atoms with van der Waals surface area (Å²) < 4.78 is 8.19. The van der Waals surface area contributed by atoms with Crippen molar-refractivity contribution in [3.63, 3.8) is 0 Å². The molecule has 1 saturated heterocycles. The smallest absolute Gasteiger partial charge is 0.299 e. The molecule has 8 nitrogen and oxygen atoms in total. The third kappa shape index (κ3) is 4.32. The molecule has 1 amide bonds. The summed E-state index contributed by atoms with van der Waals surface area (Å²) in [6.07, 6.45) is 4.79. The van der Waals surface area contributed by atoms with Crippen LogP contribution in [0.4, 0.5) is 5.82 Å². The minimum Gasteiger partial charge on any atom is -0.457 e. The number of rotatable bonds is 5. The SMILES string of the molecule is CC#CC(=O)N1CCC[C@H]1c1nc(C(=O)c2ccc(Oc3ccccc3)cc2Br)c2c(N)nccn12. The number of carbonyl (C=O) groups is 2. The lowest BCUT2D eigenvalue weighted by Gasteiger charge is -2.21.